The van der Waals surface area contributed by atoms with Crippen molar-refractivity contribution in [1.82, 2.24) is 5.32 Å². The zero-order valence-corrected chi connectivity index (χ0v) is 10.7. The zero-order chi connectivity index (χ0) is 11.7. The van der Waals surface area contributed by atoms with Crippen LogP contribution < -0.4 is 5.32 Å². The Morgan fingerprint density at radius 3 is 1.93 bits per heavy atom. The average Bonchev–Trinajstić information content (AvgIpc) is 2.71. The molecule has 0 aromatic heterocycles. The largest absolute Gasteiger partial charge is 0.314 e. The highest BCUT2D eigenvalue weighted by molar-refractivity contribution is 5.45. The number of fused-ring (bicyclic) bond motifs is 2. The molecular weight excluding hydrogens is 186 g/mol. The zero-order valence-electron chi connectivity index (χ0n) is 10.7. The quantitative estimate of drug-likeness (QED) is 0.720. The number of hydrogen-bond donors (Lipinski definition) is 1. The molecule has 3 unspecified atom stereocenters. The Hall–Kier alpha value is -0.370. The van der Waals surface area contributed by atoms with E-state index in [2.05, 4.69) is 33.1 Å². The third-order valence-corrected chi connectivity index (χ3v) is 5.13. The van der Waals surface area contributed by atoms with E-state index in [-0.39, 0.29) is 0 Å². The minimum atomic E-state index is 0.399. The first kappa shape index (κ1) is 12.7. The van der Waals surface area contributed by atoms with Gasteiger partial charge in [-0.2, -0.15) is 0 Å². The van der Waals surface area contributed by atoms with Crippen LogP contribution in [0.2, 0.25) is 0 Å². The predicted molar refractivity (Wildman–Crippen MR) is 63.4 cm³/mol. The summed E-state index contributed by atoms with van der Waals surface area (Å²) in [6.07, 6.45) is 5.88. The van der Waals surface area contributed by atoms with E-state index in [1.54, 1.807) is 0 Å². The Kier molecular flexibility index (Phi) is 3.59. The van der Waals surface area contributed by atoms with Crippen molar-refractivity contribution in [3.05, 3.63) is 0 Å². The van der Waals surface area contributed by atoms with E-state index < -0.39 is 0 Å². The molecule has 2 bridgehead atoms. The molecule has 1 radical (unpaired) electrons. The lowest BCUT2D eigenvalue weighted by Crippen LogP contribution is -2.55. The third-order valence-electron chi connectivity index (χ3n) is 5.13. The van der Waals surface area contributed by atoms with Crippen molar-refractivity contribution in [2.75, 3.05) is 7.05 Å². The summed E-state index contributed by atoms with van der Waals surface area (Å²) < 4.78 is 0. The van der Waals surface area contributed by atoms with Crippen LogP contribution in [0, 0.1) is 17.3 Å². The fourth-order valence-corrected chi connectivity index (χ4v) is 3.64. The highest BCUT2D eigenvalue weighted by atomic mass is 16.1. The van der Waals surface area contributed by atoms with Crippen LogP contribution in [0.1, 0.15) is 47.0 Å². The summed E-state index contributed by atoms with van der Waals surface area (Å²) in [5.41, 5.74) is 0.903. The molecular formula is C13H24NO. The van der Waals surface area contributed by atoms with Crippen LogP contribution in [0.25, 0.3) is 0 Å². The molecule has 0 amide bonds. The van der Waals surface area contributed by atoms with Crippen molar-refractivity contribution in [3.63, 3.8) is 0 Å². The lowest BCUT2D eigenvalue weighted by atomic mass is 9.64. The topological polar surface area (TPSA) is 29.1 Å². The molecule has 2 heteroatoms. The molecule has 15 heavy (non-hydrogen) atoms. The lowest BCUT2D eigenvalue weighted by molar-refractivity contribution is 0.0732. The summed E-state index contributed by atoms with van der Waals surface area (Å²) in [4.78, 5) is 8.68. The van der Waals surface area contributed by atoms with Gasteiger partial charge in [0.2, 0.25) is 0 Å². The Bertz CT molecular complexity index is 237. The van der Waals surface area contributed by atoms with Crippen molar-refractivity contribution >= 4 is 6.29 Å². The van der Waals surface area contributed by atoms with Gasteiger partial charge in [-0.15, -0.1) is 0 Å². The van der Waals surface area contributed by atoms with Crippen LogP contribution in [-0.2, 0) is 4.79 Å². The maximum Gasteiger partial charge on any atom is 0.195 e. The van der Waals surface area contributed by atoms with E-state index in [9.17, 15) is 0 Å². The van der Waals surface area contributed by atoms with Gasteiger partial charge < -0.3 is 5.32 Å². The second-order valence-electron chi connectivity index (χ2n) is 5.59. The molecule has 2 saturated carbocycles. The fourth-order valence-electron chi connectivity index (χ4n) is 3.64. The molecule has 0 aromatic rings. The Balaban J connectivity index is 0.000000337. The monoisotopic (exact) mass is 210 g/mol. The van der Waals surface area contributed by atoms with Crippen LogP contribution >= 0.6 is 0 Å². The molecule has 1 N–H and O–H groups in total. The van der Waals surface area contributed by atoms with E-state index in [1.807, 2.05) is 0 Å². The minimum Gasteiger partial charge on any atom is -0.314 e. The SMILES string of the molecule is CNC1(C)C2CCC(C2)C1(C)C.C[C]=O. The van der Waals surface area contributed by atoms with Crippen LogP contribution in [0.5, 0.6) is 0 Å². The average molecular weight is 210 g/mol. The molecule has 0 spiro atoms. The van der Waals surface area contributed by atoms with Crippen LogP contribution in [0.4, 0.5) is 0 Å². The summed E-state index contributed by atoms with van der Waals surface area (Å²) in [7, 11) is 2.13. The predicted octanol–water partition coefficient (Wildman–Crippen LogP) is 2.54. The summed E-state index contributed by atoms with van der Waals surface area (Å²) in [5, 5.41) is 3.56. The Labute approximate surface area is 93.8 Å². The van der Waals surface area contributed by atoms with E-state index in [4.69, 9.17) is 4.79 Å². The number of carbonyl (C=O) groups excluding carboxylic acids is 1. The summed E-state index contributed by atoms with van der Waals surface area (Å²) in [5.74, 6) is 1.91. The van der Waals surface area contributed by atoms with E-state index >= 15 is 0 Å². The summed E-state index contributed by atoms with van der Waals surface area (Å²) in [6, 6.07) is 0. The first-order chi connectivity index (χ1) is 6.94. The molecule has 0 saturated heterocycles. The molecule has 2 fully saturated rings. The van der Waals surface area contributed by atoms with Crippen LogP contribution in [0.15, 0.2) is 0 Å². The maximum absolute atomic E-state index is 8.68. The van der Waals surface area contributed by atoms with E-state index in [0.29, 0.717) is 11.0 Å². The molecule has 2 aliphatic rings. The molecule has 0 aromatic carbocycles. The first-order valence-corrected chi connectivity index (χ1v) is 5.91. The lowest BCUT2D eigenvalue weighted by Gasteiger charge is -2.47. The van der Waals surface area contributed by atoms with Gasteiger partial charge in [0.1, 0.15) is 0 Å². The van der Waals surface area contributed by atoms with Gasteiger partial charge in [-0.05, 0) is 50.5 Å². The molecule has 2 nitrogen and oxygen atoms in total. The molecule has 87 valence electrons. The highest BCUT2D eigenvalue weighted by Gasteiger charge is 2.59. The Morgan fingerprint density at radius 1 is 1.20 bits per heavy atom. The molecule has 0 heterocycles. The van der Waals surface area contributed by atoms with Crippen molar-refractivity contribution < 1.29 is 4.79 Å². The van der Waals surface area contributed by atoms with Gasteiger partial charge in [0, 0.05) is 12.5 Å². The molecule has 2 rings (SSSR count). The van der Waals surface area contributed by atoms with Crippen molar-refractivity contribution in [2.24, 2.45) is 17.3 Å². The normalized spacial score (nSPS) is 40.9. The van der Waals surface area contributed by atoms with Crippen molar-refractivity contribution in [2.45, 2.75) is 52.5 Å². The van der Waals surface area contributed by atoms with Gasteiger partial charge in [0.05, 0.1) is 0 Å². The Morgan fingerprint density at radius 2 is 1.67 bits per heavy atom. The maximum atomic E-state index is 8.68. The van der Waals surface area contributed by atoms with Crippen molar-refractivity contribution in [1.29, 1.82) is 0 Å². The van der Waals surface area contributed by atoms with Crippen LogP contribution in [-0.4, -0.2) is 18.9 Å². The van der Waals surface area contributed by atoms with Crippen molar-refractivity contribution in [3.8, 4) is 0 Å². The summed E-state index contributed by atoms with van der Waals surface area (Å²) in [6.45, 7) is 8.61. The molecule has 2 aliphatic carbocycles. The van der Waals surface area contributed by atoms with Gasteiger partial charge in [-0.3, -0.25) is 4.79 Å². The van der Waals surface area contributed by atoms with E-state index in [0.717, 1.165) is 11.8 Å². The minimum absolute atomic E-state index is 0.399. The number of hydrogen-bond acceptors (Lipinski definition) is 2. The first-order valence-electron chi connectivity index (χ1n) is 5.91. The van der Waals surface area contributed by atoms with E-state index in [1.165, 1.54) is 32.5 Å². The second-order valence-corrected chi connectivity index (χ2v) is 5.59. The highest BCUT2D eigenvalue weighted by Crippen LogP contribution is 2.60. The smallest absolute Gasteiger partial charge is 0.195 e. The fraction of sp³-hybridized carbons (Fsp3) is 0.923. The number of nitrogens with one attached hydrogen (secondary N) is 1. The van der Waals surface area contributed by atoms with Gasteiger partial charge in [0.15, 0.2) is 6.29 Å². The van der Waals surface area contributed by atoms with Gasteiger partial charge in [-0.1, -0.05) is 13.8 Å². The third kappa shape index (κ3) is 1.73. The molecule has 0 aliphatic heterocycles. The van der Waals surface area contributed by atoms with Gasteiger partial charge in [0.25, 0.3) is 0 Å². The van der Waals surface area contributed by atoms with Gasteiger partial charge >= 0.3 is 0 Å². The van der Waals surface area contributed by atoms with Crippen LogP contribution in [0.3, 0.4) is 0 Å². The van der Waals surface area contributed by atoms with Gasteiger partial charge in [-0.25, -0.2) is 0 Å². The molecule has 3 atom stereocenters. The number of rotatable bonds is 1. The standard InChI is InChI=1S/C11H21N.C2H3O/c1-10(2)8-5-6-9(7-8)11(10,3)12-4;1-2-3/h8-9,12H,5-7H2,1-4H3;1H3. The summed E-state index contributed by atoms with van der Waals surface area (Å²) >= 11 is 0. The second kappa shape index (κ2) is 4.25.